The molecule has 1 aliphatic rings. The predicted octanol–water partition coefficient (Wildman–Crippen LogP) is 1.28. The van der Waals surface area contributed by atoms with Crippen molar-refractivity contribution in [2.45, 2.75) is 31.5 Å². The van der Waals surface area contributed by atoms with Crippen LogP contribution in [0.2, 0.25) is 0 Å². The van der Waals surface area contributed by atoms with Crippen LogP contribution in [0, 0.1) is 0 Å². The molecule has 0 atom stereocenters. The molecule has 1 aromatic carbocycles. The molecular formula is C13H20N2O2. The summed E-state index contributed by atoms with van der Waals surface area (Å²) in [6.45, 7) is 0.845. The highest BCUT2D eigenvalue weighted by Gasteiger charge is 2.24. The lowest BCUT2D eigenvalue weighted by atomic mass is 9.87. The molecule has 0 aromatic heterocycles. The summed E-state index contributed by atoms with van der Waals surface area (Å²) in [5.74, 6) is 1.54. The lowest BCUT2D eigenvalue weighted by Gasteiger charge is -2.33. The first-order valence-electron chi connectivity index (χ1n) is 5.92. The molecule has 94 valence electrons. The molecule has 4 heteroatoms. The van der Waals surface area contributed by atoms with Crippen molar-refractivity contribution in [3.63, 3.8) is 0 Å². The van der Waals surface area contributed by atoms with Gasteiger partial charge in [0.2, 0.25) is 0 Å². The average Bonchev–Trinajstić information content (AvgIpc) is 2.32. The normalized spacial score (nSPS) is 23.0. The number of methoxy groups -OCH3 is 2. The molecule has 0 unspecified atom stereocenters. The van der Waals surface area contributed by atoms with E-state index >= 15 is 0 Å². The highest BCUT2D eigenvalue weighted by molar-refractivity contribution is 5.42. The Morgan fingerprint density at radius 2 is 1.94 bits per heavy atom. The van der Waals surface area contributed by atoms with Gasteiger partial charge < -0.3 is 20.5 Å². The van der Waals surface area contributed by atoms with Crippen LogP contribution < -0.4 is 20.5 Å². The van der Waals surface area contributed by atoms with Crippen molar-refractivity contribution >= 4 is 0 Å². The van der Waals surface area contributed by atoms with E-state index in [1.165, 1.54) is 5.56 Å². The van der Waals surface area contributed by atoms with Crippen molar-refractivity contribution in [3.05, 3.63) is 23.8 Å². The van der Waals surface area contributed by atoms with Gasteiger partial charge in [-0.25, -0.2) is 0 Å². The topological polar surface area (TPSA) is 56.5 Å². The number of rotatable bonds is 5. The maximum absolute atomic E-state index is 5.74. The van der Waals surface area contributed by atoms with Gasteiger partial charge in [-0.15, -0.1) is 0 Å². The van der Waals surface area contributed by atoms with Crippen LogP contribution in [0.15, 0.2) is 18.2 Å². The van der Waals surface area contributed by atoms with Crippen molar-refractivity contribution in [1.29, 1.82) is 0 Å². The Kier molecular flexibility index (Phi) is 3.86. The zero-order valence-corrected chi connectivity index (χ0v) is 10.4. The highest BCUT2D eigenvalue weighted by atomic mass is 16.5. The van der Waals surface area contributed by atoms with E-state index in [0.29, 0.717) is 12.1 Å². The summed E-state index contributed by atoms with van der Waals surface area (Å²) in [6.07, 6.45) is 2.15. The molecule has 3 N–H and O–H groups in total. The van der Waals surface area contributed by atoms with Crippen LogP contribution >= 0.6 is 0 Å². The van der Waals surface area contributed by atoms with E-state index in [1.54, 1.807) is 14.2 Å². The Balaban J connectivity index is 1.92. The number of nitrogens with one attached hydrogen (secondary N) is 1. The van der Waals surface area contributed by atoms with Gasteiger partial charge in [-0.2, -0.15) is 0 Å². The van der Waals surface area contributed by atoms with Gasteiger partial charge in [0.1, 0.15) is 0 Å². The summed E-state index contributed by atoms with van der Waals surface area (Å²) >= 11 is 0. The number of nitrogens with two attached hydrogens (primary N) is 1. The van der Waals surface area contributed by atoms with E-state index in [-0.39, 0.29) is 0 Å². The summed E-state index contributed by atoms with van der Waals surface area (Å²) in [6, 6.07) is 6.94. The molecule has 2 rings (SSSR count). The molecule has 1 aliphatic carbocycles. The van der Waals surface area contributed by atoms with Crippen LogP contribution in [0.5, 0.6) is 11.5 Å². The Labute approximate surface area is 102 Å². The monoisotopic (exact) mass is 236 g/mol. The summed E-state index contributed by atoms with van der Waals surface area (Å²) in [7, 11) is 3.30. The van der Waals surface area contributed by atoms with Gasteiger partial charge in [-0.05, 0) is 30.5 Å². The van der Waals surface area contributed by atoms with Crippen molar-refractivity contribution in [2.75, 3.05) is 14.2 Å². The number of hydrogen-bond donors (Lipinski definition) is 2. The van der Waals surface area contributed by atoms with E-state index in [4.69, 9.17) is 15.2 Å². The second kappa shape index (κ2) is 5.38. The maximum Gasteiger partial charge on any atom is 0.161 e. The quantitative estimate of drug-likeness (QED) is 0.808. The van der Waals surface area contributed by atoms with Crippen LogP contribution in [0.1, 0.15) is 18.4 Å². The molecular weight excluding hydrogens is 216 g/mol. The second-order valence-electron chi connectivity index (χ2n) is 4.50. The summed E-state index contributed by atoms with van der Waals surface area (Å²) in [4.78, 5) is 0. The van der Waals surface area contributed by atoms with Crippen molar-refractivity contribution in [1.82, 2.24) is 5.32 Å². The zero-order chi connectivity index (χ0) is 12.3. The van der Waals surface area contributed by atoms with Crippen LogP contribution in [0.3, 0.4) is 0 Å². The first-order valence-corrected chi connectivity index (χ1v) is 5.92. The van der Waals surface area contributed by atoms with Gasteiger partial charge in [0.15, 0.2) is 11.5 Å². The molecule has 4 nitrogen and oxygen atoms in total. The minimum absolute atomic E-state index is 0.387. The summed E-state index contributed by atoms with van der Waals surface area (Å²) < 4.78 is 10.5. The van der Waals surface area contributed by atoms with E-state index in [9.17, 15) is 0 Å². The van der Waals surface area contributed by atoms with Crippen LogP contribution in [-0.2, 0) is 6.54 Å². The Bertz CT molecular complexity index is 376. The standard InChI is InChI=1S/C13H20N2O2/c1-16-12-4-3-9(5-13(12)17-2)8-15-11-6-10(14)7-11/h3-5,10-11,15H,6-8,14H2,1-2H3. The lowest BCUT2D eigenvalue weighted by molar-refractivity contribution is 0.290. The molecule has 17 heavy (non-hydrogen) atoms. The molecule has 1 fully saturated rings. The van der Waals surface area contributed by atoms with Crippen molar-refractivity contribution < 1.29 is 9.47 Å². The zero-order valence-electron chi connectivity index (χ0n) is 10.4. The van der Waals surface area contributed by atoms with Gasteiger partial charge in [0.05, 0.1) is 14.2 Å². The molecule has 0 spiro atoms. The van der Waals surface area contributed by atoms with Gasteiger partial charge in [0.25, 0.3) is 0 Å². The van der Waals surface area contributed by atoms with Crippen LogP contribution in [-0.4, -0.2) is 26.3 Å². The maximum atomic E-state index is 5.74. The minimum Gasteiger partial charge on any atom is -0.493 e. The molecule has 0 bridgehead atoms. The van der Waals surface area contributed by atoms with E-state index in [2.05, 4.69) is 5.32 Å². The fourth-order valence-corrected chi connectivity index (χ4v) is 2.08. The summed E-state index contributed by atoms with van der Waals surface area (Å²) in [5, 5.41) is 3.48. The minimum atomic E-state index is 0.387. The largest absolute Gasteiger partial charge is 0.493 e. The fraction of sp³-hybridized carbons (Fsp3) is 0.538. The highest BCUT2D eigenvalue weighted by Crippen LogP contribution is 2.27. The van der Waals surface area contributed by atoms with E-state index in [0.717, 1.165) is 30.9 Å². The predicted molar refractivity (Wildman–Crippen MR) is 67.4 cm³/mol. The molecule has 0 aliphatic heterocycles. The fourth-order valence-electron chi connectivity index (χ4n) is 2.08. The summed E-state index contributed by atoms with van der Waals surface area (Å²) in [5.41, 5.74) is 6.94. The Morgan fingerprint density at radius 3 is 2.53 bits per heavy atom. The number of benzene rings is 1. The van der Waals surface area contributed by atoms with Crippen molar-refractivity contribution in [3.8, 4) is 11.5 Å². The molecule has 0 saturated heterocycles. The second-order valence-corrected chi connectivity index (χ2v) is 4.50. The smallest absolute Gasteiger partial charge is 0.161 e. The van der Waals surface area contributed by atoms with E-state index < -0.39 is 0 Å². The first kappa shape index (κ1) is 12.2. The van der Waals surface area contributed by atoms with Crippen LogP contribution in [0.4, 0.5) is 0 Å². The van der Waals surface area contributed by atoms with Gasteiger partial charge in [-0.1, -0.05) is 6.07 Å². The Hall–Kier alpha value is -1.26. The van der Waals surface area contributed by atoms with Gasteiger partial charge >= 0.3 is 0 Å². The Morgan fingerprint density at radius 1 is 1.24 bits per heavy atom. The molecule has 0 heterocycles. The third kappa shape index (κ3) is 2.90. The SMILES string of the molecule is COc1ccc(CNC2CC(N)C2)cc1OC. The molecule has 1 saturated carbocycles. The third-order valence-electron chi connectivity index (χ3n) is 3.22. The average molecular weight is 236 g/mol. The van der Waals surface area contributed by atoms with Gasteiger partial charge in [0, 0.05) is 18.6 Å². The van der Waals surface area contributed by atoms with Gasteiger partial charge in [-0.3, -0.25) is 0 Å². The number of hydrogen-bond acceptors (Lipinski definition) is 4. The third-order valence-corrected chi connectivity index (χ3v) is 3.22. The molecule has 1 aromatic rings. The molecule has 0 amide bonds. The number of ether oxygens (including phenoxy) is 2. The van der Waals surface area contributed by atoms with E-state index in [1.807, 2.05) is 18.2 Å². The first-order chi connectivity index (χ1) is 8.22. The lowest BCUT2D eigenvalue weighted by Crippen LogP contribution is -2.48. The molecule has 0 radical (unpaired) electrons. The van der Waals surface area contributed by atoms with Crippen molar-refractivity contribution in [2.24, 2.45) is 5.73 Å². The van der Waals surface area contributed by atoms with Crippen LogP contribution in [0.25, 0.3) is 0 Å².